The number of hydrogen-bond donors (Lipinski definition) is 1. The van der Waals surface area contributed by atoms with E-state index in [0.717, 1.165) is 28.0 Å². The highest BCUT2D eigenvalue weighted by Gasteiger charge is 2.61. The number of benzene rings is 2. The van der Waals surface area contributed by atoms with E-state index in [4.69, 9.17) is 4.74 Å². The van der Waals surface area contributed by atoms with E-state index in [0.29, 0.717) is 5.69 Å². The zero-order chi connectivity index (χ0) is 24.7. The van der Waals surface area contributed by atoms with Crippen LogP contribution in [0.5, 0.6) is 0 Å². The fourth-order valence-corrected chi connectivity index (χ4v) is 5.64. The maximum absolute atomic E-state index is 13.4. The van der Waals surface area contributed by atoms with Gasteiger partial charge in [-0.3, -0.25) is 19.3 Å². The van der Waals surface area contributed by atoms with Gasteiger partial charge in [-0.15, -0.1) is 0 Å². The van der Waals surface area contributed by atoms with Crippen molar-refractivity contribution >= 4 is 29.4 Å². The normalized spacial score (nSPS) is 25.0. The maximum atomic E-state index is 13.4. The molecule has 0 unspecified atom stereocenters. The van der Waals surface area contributed by atoms with E-state index in [2.05, 4.69) is 5.32 Å². The predicted molar refractivity (Wildman–Crippen MR) is 129 cm³/mol. The van der Waals surface area contributed by atoms with Crippen LogP contribution in [0.4, 0.5) is 5.69 Å². The molecule has 35 heavy (non-hydrogen) atoms. The number of amides is 3. The Morgan fingerprint density at radius 3 is 2.31 bits per heavy atom. The van der Waals surface area contributed by atoms with E-state index in [1.165, 1.54) is 0 Å². The molecule has 2 aliphatic carbocycles. The Balaban J connectivity index is 1.32. The minimum Gasteiger partial charge on any atom is -0.454 e. The third-order valence-electron chi connectivity index (χ3n) is 7.37. The summed E-state index contributed by atoms with van der Waals surface area (Å²) in [6.07, 6.45) is 4.98. The zero-order valence-electron chi connectivity index (χ0n) is 19.8. The fourth-order valence-electron chi connectivity index (χ4n) is 5.64. The summed E-state index contributed by atoms with van der Waals surface area (Å²) in [6.45, 7) is 3.29. The first kappa shape index (κ1) is 23.0. The molecule has 5 atom stereocenters. The number of carbonyl (C=O) groups is 4. The minimum absolute atomic E-state index is 0.0446. The number of allylic oxidation sites excluding steroid dienone is 2. The molecule has 7 nitrogen and oxygen atoms in total. The topological polar surface area (TPSA) is 92.8 Å². The molecule has 3 amide bonds. The molecule has 180 valence electrons. The van der Waals surface area contributed by atoms with Gasteiger partial charge in [-0.2, -0.15) is 0 Å². The van der Waals surface area contributed by atoms with Crippen LogP contribution >= 0.6 is 0 Å². The highest BCUT2D eigenvalue weighted by atomic mass is 16.5. The first-order chi connectivity index (χ1) is 16.8. The smallest absolute Gasteiger partial charge is 0.330 e. The maximum Gasteiger partial charge on any atom is 0.330 e. The lowest BCUT2D eigenvalue weighted by Gasteiger charge is -2.26. The van der Waals surface area contributed by atoms with Crippen LogP contribution in [0.3, 0.4) is 0 Å². The summed E-state index contributed by atoms with van der Waals surface area (Å²) < 4.78 is 5.37. The highest BCUT2D eigenvalue weighted by Crippen LogP contribution is 2.53. The van der Waals surface area contributed by atoms with Crippen LogP contribution in [-0.2, 0) is 30.3 Å². The Hall–Kier alpha value is -3.74. The van der Waals surface area contributed by atoms with E-state index in [9.17, 15) is 19.2 Å². The lowest BCUT2D eigenvalue weighted by Crippen LogP contribution is -2.48. The summed E-state index contributed by atoms with van der Waals surface area (Å²) in [6, 6.07) is 13.8. The molecule has 2 aromatic carbocycles. The summed E-state index contributed by atoms with van der Waals surface area (Å²) in [5, 5.41) is 2.76. The standard InChI is InChI=1S/C28H28N2O5/c1-16-8-9-17(2)21(12-16)29-23(31)15-35-28(34)22(13-18-6-4-3-5-7-18)30-26(32)24-19-10-11-20(14-19)25(24)27(30)33/h3-12,19-20,22,24-25H,13-15H2,1-2H3,(H,29,31)/t19-,20-,22+,24-,25+/m0/s1. The second-order valence-corrected chi connectivity index (χ2v) is 9.73. The molecular weight excluding hydrogens is 444 g/mol. The van der Waals surface area contributed by atoms with E-state index >= 15 is 0 Å². The lowest BCUT2D eigenvalue weighted by molar-refractivity contribution is -0.160. The van der Waals surface area contributed by atoms with E-state index in [1.54, 1.807) is 0 Å². The van der Waals surface area contributed by atoms with Gasteiger partial charge in [0.2, 0.25) is 11.8 Å². The SMILES string of the molecule is Cc1ccc(C)c(NC(=O)COC(=O)[C@@H](Cc2ccccc2)N2C(=O)[C@@H]3[C@H](C2=O)[C@H]2C=C[C@H]3C2)c1. The molecular formula is C28H28N2O5. The van der Waals surface area contributed by atoms with Crippen molar-refractivity contribution < 1.29 is 23.9 Å². The minimum atomic E-state index is -1.11. The van der Waals surface area contributed by atoms with Crippen molar-refractivity contribution in [1.82, 2.24) is 4.90 Å². The second-order valence-electron chi connectivity index (χ2n) is 9.73. The number of fused-ring (bicyclic) bond motifs is 5. The van der Waals surface area contributed by atoms with Crippen LogP contribution in [0, 0.1) is 37.5 Å². The van der Waals surface area contributed by atoms with Gasteiger partial charge in [0.05, 0.1) is 11.8 Å². The van der Waals surface area contributed by atoms with Gasteiger partial charge in [-0.1, -0.05) is 54.6 Å². The molecule has 1 saturated carbocycles. The van der Waals surface area contributed by atoms with Crippen molar-refractivity contribution in [3.05, 3.63) is 77.4 Å². The Labute approximate surface area is 204 Å². The molecule has 2 fully saturated rings. The summed E-state index contributed by atoms with van der Waals surface area (Å²) in [7, 11) is 0. The molecule has 2 bridgehead atoms. The Morgan fingerprint density at radius 1 is 1.00 bits per heavy atom. The number of nitrogens with zero attached hydrogens (tertiary/aromatic N) is 1. The van der Waals surface area contributed by atoms with Gasteiger partial charge >= 0.3 is 5.97 Å². The first-order valence-corrected chi connectivity index (χ1v) is 12.0. The van der Waals surface area contributed by atoms with Gasteiger partial charge in [0, 0.05) is 12.1 Å². The van der Waals surface area contributed by atoms with Crippen molar-refractivity contribution in [3.63, 3.8) is 0 Å². The highest BCUT2D eigenvalue weighted by molar-refractivity contribution is 6.09. The molecule has 5 rings (SSSR count). The van der Waals surface area contributed by atoms with Crippen molar-refractivity contribution in [2.45, 2.75) is 32.7 Å². The van der Waals surface area contributed by atoms with Crippen molar-refractivity contribution in [2.24, 2.45) is 23.7 Å². The second kappa shape index (κ2) is 9.13. The Morgan fingerprint density at radius 2 is 1.66 bits per heavy atom. The monoisotopic (exact) mass is 472 g/mol. The number of aryl methyl sites for hydroxylation is 2. The molecule has 0 radical (unpaired) electrons. The Bertz CT molecular complexity index is 1190. The van der Waals surface area contributed by atoms with Crippen molar-refractivity contribution in [1.29, 1.82) is 0 Å². The molecule has 2 aromatic rings. The number of likely N-dealkylation sites (tertiary alicyclic amines) is 1. The van der Waals surface area contributed by atoms with Gasteiger partial charge in [-0.25, -0.2) is 4.79 Å². The van der Waals surface area contributed by atoms with E-state index in [-0.39, 0.29) is 30.1 Å². The van der Waals surface area contributed by atoms with E-state index < -0.39 is 36.4 Å². The largest absolute Gasteiger partial charge is 0.454 e. The number of carbonyl (C=O) groups excluding carboxylic acids is 4. The van der Waals surface area contributed by atoms with Gasteiger partial charge in [0.25, 0.3) is 5.91 Å². The fraction of sp³-hybridized carbons (Fsp3) is 0.357. The van der Waals surface area contributed by atoms with Crippen LogP contribution in [0.1, 0.15) is 23.1 Å². The molecule has 1 saturated heterocycles. The number of nitrogens with one attached hydrogen (secondary N) is 1. The first-order valence-electron chi connectivity index (χ1n) is 12.0. The quantitative estimate of drug-likeness (QED) is 0.380. The summed E-state index contributed by atoms with van der Waals surface area (Å²) in [5.74, 6) is -2.58. The number of ether oxygens (including phenoxy) is 1. The number of hydrogen-bond acceptors (Lipinski definition) is 5. The van der Waals surface area contributed by atoms with Crippen LogP contribution in [0.25, 0.3) is 0 Å². The predicted octanol–water partition coefficient (Wildman–Crippen LogP) is 3.20. The number of rotatable bonds is 7. The molecule has 1 N–H and O–H groups in total. The summed E-state index contributed by atoms with van der Waals surface area (Å²) >= 11 is 0. The van der Waals surface area contributed by atoms with E-state index in [1.807, 2.05) is 74.5 Å². The molecule has 3 aliphatic rings. The van der Waals surface area contributed by atoms with Crippen LogP contribution in [0.15, 0.2) is 60.7 Å². The van der Waals surface area contributed by atoms with Gasteiger partial charge < -0.3 is 10.1 Å². The third-order valence-corrected chi connectivity index (χ3v) is 7.37. The third kappa shape index (κ3) is 4.27. The number of imide groups is 1. The zero-order valence-corrected chi connectivity index (χ0v) is 19.8. The van der Waals surface area contributed by atoms with Crippen molar-refractivity contribution in [2.75, 3.05) is 11.9 Å². The number of esters is 1. The summed E-state index contributed by atoms with van der Waals surface area (Å²) in [5.41, 5.74) is 3.33. The van der Waals surface area contributed by atoms with Crippen LogP contribution in [-0.4, -0.2) is 41.2 Å². The number of anilines is 1. The van der Waals surface area contributed by atoms with Crippen molar-refractivity contribution in [3.8, 4) is 0 Å². The molecule has 7 heteroatoms. The summed E-state index contributed by atoms with van der Waals surface area (Å²) in [4.78, 5) is 53.6. The molecule has 0 spiro atoms. The van der Waals surface area contributed by atoms with Crippen LogP contribution in [0.2, 0.25) is 0 Å². The average Bonchev–Trinajstić information content (AvgIpc) is 3.53. The van der Waals surface area contributed by atoms with Crippen LogP contribution < -0.4 is 5.32 Å². The molecule has 1 heterocycles. The lowest BCUT2D eigenvalue weighted by atomic mass is 9.85. The van der Waals surface area contributed by atoms with Gasteiger partial charge in [-0.05, 0) is 54.9 Å². The molecule has 1 aliphatic heterocycles. The Kier molecular flexibility index (Phi) is 6.01. The van der Waals surface area contributed by atoms with Gasteiger partial charge in [0.1, 0.15) is 6.04 Å². The molecule has 0 aromatic heterocycles. The average molecular weight is 473 g/mol. The van der Waals surface area contributed by atoms with Gasteiger partial charge in [0.15, 0.2) is 6.61 Å².